The van der Waals surface area contributed by atoms with Crippen LogP contribution in [0.3, 0.4) is 0 Å². The smallest absolute Gasteiger partial charge is 0.275 e. The summed E-state index contributed by atoms with van der Waals surface area (Å²) in [6.07, 6.45) is 3.54. The van der Waals surface area contributed by atoms with Crippen LogP contribution in [0.2, 0.25) is 0 Å². The molecule has 0 aliphatic heterocycles. The van der Waals surface area contributed by atoms with Crippen molar-refractivity contribution in [3.8, 4) is 17.1 Å². The van der Waals surface area contributed by atoms with Crippen molar-refractivity contribution in [2.24, 2.45) is 0 Å². The Labute approximate surface area is 161 Å². The van der Waals surface area contributed by atoms with E-state index in [1.54, 1.807) is 31.2 Å². The van der Waals surface area contributed by atoms with Gasteiger partial charge in [0.2, 0.25) is 0 Å². The quantitative estimate of drug-likeness (QED) is 0.592. The highest BCUT2D eigenvalue weighted by atomic mass is 16.2. The van der Waals surface area contributed by atoms with E-state index in [9.17, 15) is 4.79 Å². The van der Waals surface area contributed by atoms with Crippen LogP contribution in [0.25, 0.3) is 28.0 Å². The second kappa shape index (κ2) is 6.73. The van der Waals surface area contributed by atoms with Gasteiger partial charge in [-0.05, 0) is 31.2 Å². The Morgan fingerprint density at radius 2 is 1.96 bits per heavy atom. The molecule has 2 N–H and O–H groups in total. The van der Waals surface area contributed by atoms with Gasteiger partial charge < -0.3 is 10.6 Å². The van der Waals surface area contributed by atoms with Crippen LogP contribution in [0.4, 0.5) is 5.82 Å². The van der Waals surface area contributed by atoms with Gasteiger partial charge in [0, 0.05) is 37.4 Å². The van der Waals surface area contributed by atoms with Crippen LogP contribution in [0.1, 0.15) is 16.2 Å². The monoisotopic (exact) mass is 373 g/mol. The Bertz CT molecular complexity index is 1200. The standard InChI is InChI=1S/C20H19N7O/c1-12-8-10-27(25-12)19-16(23-17(18(21)24-19)20(28)26(2)3)14-6-7-15-13(11-14)5-4-9-22-15/h4-11H,1-3H3,(H2,21,24). The van der Waals surface area contributed by atoms with Gasteiger partial charge in [-0.15, -0.1) is 0 Å². The molecule has 3 aromatic heterocycles. The van der Waals surface area contributed by atoms with Crippen LogP contribution in [0.5, 0.6) is 0 Å². The summed E-state index contributed by atoms with van der Waals surface area (Å²) >= 11 is 0. The maximum atomic E-state index is 12.5. The van der Waals surface area contributed by atoms with E-state index in [1.807, 2.05) is 43.3 Å². The first-order valence-electron chi connectivity index (χ1n) is 8.71. The predicted molar refractivity (Wildman–Crippen MR) is 107 cm³/mol. The topological polar surface area (TPSA) is 103 Å². The number of fused-ring (bicyclic) bond motifs is 1. The largest absolute Gasteiger partial charge is 0.382 e. The lowest BCUT2D eigenvalue weighted by molar-refractivity contribution is 0.0823. The van der Waals surface area contributed by atoms with Gasteiger partial charge in [-0.1, -0.05) is 12.1 Å². The third-order valence-corrected chi connectivity index (χ3v) is 4.33. The Morgan fingerprint density at radius 3 is 2.68 bits per heavy atom. The van der Waals surface area contributed by atoms with Gasteiger partial charge in [-0.25, -0.2) is 14.6 Å². The number of hydrogen-bond acceptors (Lipinski definition) is 6. The van der Waals surface area contributed by atoms with Crippen LogP contribution in [-0.2, 0) is 0 Å². The molecule has 0 spiro atoms. The molecule has 28 heavy (non-hydrogen) atoms. The van der Waals surface area contributed by atoms with Gasteiger partial charge in [-0.2, -0.15) is 5.10 Å². The minimum absolute atomic E-state index is 0.0630. The summed E-state index contributed by atoms with van der Waals surface area (Å²) in [6.45, 7) is 1.89. The lowest BCUT2D eigenvalue weighted by Crippen LogP contribution is -2.25. The highest BCUT2D eigenvalue weighted by molar-refractivity contribution is 5.97. The molecule has 8 nitrogen and oxygen atoms in total. The Morgan fingerprint density at radius 1 is 1.14 bits per heavy atom. The van der Waals surface area contributed by atoms with Crippen molar-refractivity contribution < 1.29 is 4.79 Å². The van der Waals surface area contributed by atoms with Gasteiger partial charge in [0.15, 0.2) is 17.3 Å². The summed E-state index contributed by atoms with van der Waals surface area (Å²) in [7, 11) is 3.30. The van der Waals surface area contributed by atoms with E-state index in [0.717, 1.165) is 22.2 Å². The molecule has 0 aliphatic carbocycles. The summed E-state index contributed by atoms with van der Waals surface area (Å²) < 4.78 is 1.62. The van der Waals surface area contributed by atoms with Crippen molar-refractivity contribution in [2.45, 2.75) is 6.92 Å². The average Bonchev–Trinajstić information content (AvgIpc) is 3.13. The Hall–Kier alpha value is -3.81. The van der Waals surface area contributed by atoms with E-state index >= 15 is 0 Å². The molecule has 1 amide bonds. The molecule has 4 rings (SSSR count). The second-order valence-corrected chi connectivity index (χ2v) is 6.64. The van der Waals surface area contributed by atoms with Crippen molar-refractivity contribution in [3.05, 3.63) is 60.2 Å². The van der Waals surface area contributed by atoms with Crippen molar-refractivity contribution in [2.75, 3.05) is 19.8 Å². The zero-order valence-electron chi connectivity index (χ0n) is 15.8. The lowest BCUT2D eigenvalue weighted by atomic mass is 10.1. The second-order valence-electron chi connectivity index (χ2n) is 6.64. The fraction of sp³-hybridized carbons (Fsp3) is 0.150. The van der Waals surface area contributed by atoms with Gasteiger partial charge >= 0.3 is 0 Å². The SMILES string of the molecule is Cc1ccn(-c2nc(N)c(C(=O)N(C)C)nc2-c2ccc3ncccc3c2)n1. The summed E-state index contributed by atoms with van der Waals surface area (Å²) in [5.74, 6) is 0.217. The fourth-order valence-electron chi connectivity index (χ4n) is 2.92. The van der Waals surface area contributed by atoms with E-state index < -0.39 is 0 Å². The number of rotatable bonds is 3. The molecule has 0 saturated carbocycles. The fourth-order valence-corrected chi connectivity index (χ4v) is 2.92. The van der Waals surface area contributed by atoms with Crippen LogP contribution < -0.4 is 5.73 Å². The maximum absolute atomic E-state index is 12.5. The number of carbonyl (C=O) groups excluding carboxylic acids is 1. The normalized spacial score (nSPS) is 11.0. The number of nitrogen functional groups attached to an aromatic ring is 1. The van der Waals surface area contributed by atoms with E-state index in [-0.39, 0.29) is 17.4 Å². The number of anilines is 1. The number of aromatic nitrogens is 5. The minimum atomic E-state index is -0.308. The van der Waals surface area contributed by atoms with Crippen LogP contribution in [0.15, 0.2) is 48.8 Å². The number of aryl methyl sites for hydroxylation is 1. The molecule has 3 heterocycles. The van der Waals surface area contributed by atoms with Crippen molar-refractivity contribution in [1.29, 1.82) is 0 Å². The summed E-state index contributed by atoms with van der Waals surface area (Å²) in [5, 5.41) is 5.39. The number of benzene rings is 1. The van der Waals surface area contributed by atoms with E-state index in [0.29, 0.717) is 11.5 Å². The van der Waals surface area contributed by atoms with Gasteiger partial charge in [0.05, 0.1) is 11.2 Å². The molecule has 0 saturated heterocycles. The molecule has 0 unspecified atom stereocenters. The molecular weight excluding hydrogens is 354 g/mol. The first-order chi connectivity index (χ1) is 13.4. The Kier molecular flexibility index (Phi) is 4.23. The summed E-state index contributed by atoms with van der Waals surface area (Å²) in [4.78, 5) is 27.4. The molecule has 0 atom stereocenters. The predicted octanol–water partition coefficient (Wildman–Crippen LogP) is 2.47. The molecule has 0 bridgehead atoms. The molecule has 0 fully saturated rings. The van der Waals surface area contributed by atoms with Gasteiger partial charge in [-0.3, -0.25) is 9.78 Å². The number of carbonyl (C=O) groups is 1. The zero-order valence-corrected chi connectivity index (χ0v) is 15.8. The van der Waals surface area contributed by atoms with Crippen LogP contribution in [0, 0.1) is 6.92 Å². The van der Waals surface area contributed by atoms with E-state index in [1.165, 1.54) is 4.90 Å². The molecule has 8 heteroatoms. The summed E-state index contributed by atoms with van der Waals surface area (Å²) in [5.41, 5.74) is 9.20. The molecule has 1 aromatic carbocycles. The number of amides is 1. The number of pyridine rings is 1. The molecule has 140 valence electrons. The number of nitrogens with two attached hydrogens (primary N) is 1. The Balaban J connectivity index is 1.98. The third kappa shape index (κ3) is 3.05. The summed E-state index contributed by atoms with van der Waals surface area (Å²) in [6, 6.07) is 11.5. The van der Waals surface area contributed by atoms with Crippen molar-refractivity contribution >= 4 is 22.6 Å². The van der Waals surface area contributed by atoms with E-state index in [4.69, 9.17) is 5.73 Å². The zero-order chi connectivity index (χ0) is 19.8. The van der Waals surface area contributed by atoms with Crippen LogP contribution >= 0.6 is 0 Å². The molecule has 0 radical (unpaired) electrons. The first-order valence-corrected chi connectivity index (χ1v) is 8.71. The van der Waals surface area contributed by atoms with Crippen molar-refractivity contribution in [3.63, 3.8) is 0 Å². The average molecular weight is 373 g/mol. The number of nitrogens with zero attached hydrogens (tertiary/aromatic N) is 6. The van der Waals surface area contributed by atoms with Crippen LogP contribution in [-0.4, -0.2) is 49.6 Å². The molecule has 0 aliphatic rings. The number of hydrogen-bond donors (Lipinski definition) is 1. The van der Waals surface area contributed by atoms with Crippen molar-refractivity contribution in [1.82, 2.24) is 29.6 Å². The van der Waals surface area contributed by atoms with Gasteiger partial charge in [0.25, 0.3) is 5.91 Å². The lowest BCUT2D eigenvalue weighted by Gasteiger charge is -2.15. The highest BCUT2D eigenvalue weighted by Crippen LogP contribution is 2.28. The van der Waals surface area contributed by atoms with Gasteiger partial charge in [0.1, 0.15) is 5.69 Å². The molecule has 4 aromatic rings. The van der Waals surface area contributed by atoms with E-state index in [2.05, 4.69) is 20.1 Å². The maximum Gasteiger partial charge on any atom is 0.275 e. The first kappa shape index (κ1) is 17.6. The molecular formula is C20H19N7O. The minimum Gasteiger partial charge on any atom is -0.382 e. The highest BCUT2D eigenvalue weighted by Gasteiger charge is 2.21. The third-order valence-electron chi connectivity index (χ3n) is 4.33.